The molecule has 32 heavy (non-hydrogen) atoms. The van der Waals surface area contributed by atoms with E-state index < -0.39 is 19.4 Å². The summed E-state index contributed by atoms with van der Waals surface area (Å²) in [6.07, 6.45) is -0.914. The average molecular weight is 460 g/mol. The van der Waals surface area contributed by atoms with Gasteiger partial charge in [0.1, 0.15) is 11.9 Å². The zero-order valence-corrected chi connectivity index (χ0v) is 19.1. The largest absolute Gasteiger partial charge is 0.510 e. The third-order valence-electron chi connectivity index (χ3n) is 4.87. The highest BCUT2D eigenvalue weighted by Crippen LogP contribution is 2.32. The van der Waals surface area contributed by atoms with E-state index in [0.29, 0.717) is 19.4 Å². The molecule has 7 nitrogen and oxygen atoms in total. The molecule has 0 aliphatic rings. The summed E-state index contributed by atoms with van der Waals surface area (Å²) in [6, 6.07) is 16.2. The summed E-state index contributed by atoms with van der Waals surface area (Å²) in [6.45, 7) is 2.26. The van der Waals surface area contributed by atoms with Crippen LogP contribution in [0.3, 0.4) is 0 Å². The van der Waals surface area contributed by atoms with Gasteiger partial charge >= 0.3 is 6.16 Å². The van der Waals surface area contributed by atoms with E-state index in [1.807, 2.05) is 48.7 Å². The Kier molecular flexibility index (Phi) is 9.30. The van der Waals surface area contributed by atoms with Crippen molar-refractivity contribution in [2.75, 3.05) is 27.0 Å². The number of benzene rings is 2. The monoisotopic (exact) mass is 459 g/mol. The highest BCUT2D eigenvalue weighted by molar-refractivity contribution is 7.07. The van der Waals surface area contributed by atoms with Crippen molar-refractivity contribution in [3.05, 3.63) is 64.9 Å². The molecule has 0 aliphatic carbocycles. The van der Waals surface area contributed by atoms with Crippen molar-refractivity contribution in [3.8, 4) is 5.75 Å². The van der Waals surface area contributed by atoms with Crippen LogP contribution in [0.25, 0.3) is 10.8 Å². The van der Waals surface area contributed by atoms with Gasteiger partial charge in [0.25, 0.3) is 0 Å². The number of carbonyl (C=O) groups is 1. The second-order valence-corrected chi connectivity index (χ2v) is 8.04. The molecule has 2 unspecified atom stereocenters. The molecule has 8 heteroatoms. The Morgan fingerprint density at radius 2 is 1.94 bits per heavy atom. The molecule has 1 heterocycles. The number of fused-ring (bicyclic) bond motifs is 1. The average Bonchev–Trinajstić information content (AvgIpc) is 3.35. The van der Waals surface area contributed by atoms with Crippen LogP contribution in [0.5, 0.6) is 5.75 Å². The Balaban J connectivity index is 1.56. The minimum Gasteiger partial charge on any atom is -0.485 e. The number of ether oxygens (including phenoxy) is 4. The predicted octanol–water partition coefficient (Wildman–Crippen LogP) is 5.16. The fraction of sp³-hybridized carbons (Fsp3) is 0.375. The van der Waals surface area contributed by atoms with E-state index in [-0.39, 0.29) is 12.7 Å². The van der Waals surface area contributed by atoms with Crippen LogP contribution >= 0.6 is 11.3 Å². The first-order valence-electron chi connectivity index (χ1n) is 10.5. The van der Waals surface area contributed by atoms with Gasteiger partial charge in [-0.05, 0) is 41.7 Å². The second kappa shape index (κ2) is 12.4. The van der Waals surface area contributed by atoms with Crippen LogP contribution in [0.1, 0.15) is 31.4 Å². The topological polar surface area (TPSA) is 77.5 Å². The molecule has 0 bridgehead atoms. The SMILES string of the molecule is CCCOC(=O)OCOC(O)N(C)CCC(Oc1cccc2ccccc12)c1ccsc1. The van der Waals surface area contributed by atoms with E-state index in [4.69, 9.17) is 18.9 Å². The molecule has 0 spiro atoms. The lowest BCUT2D eigenvalue weighted by Crippen LogP contribution is -2.36. The maximum atomic E-state index is 11.3. The molecule has 0 amide bonds. The lowest BCUT2D eigenvalue weighted by molar-refractivity contribution is -0.221. The van der Waals surface area contributed by atoms with Gasteiger partial charge in [-0.25, -0.2) is 4.79 Å². The van der Waals surface area contributed by atoms with Gasteiger partial charge in [-0.15, -0.1) is 0 Å². The zero-order valence-electron chi connectivity index (χ0n) is 18.3. The Morgan fingerprint density at radius 1 is 1.12 bits per heavy atom. The van der Waals surface area contributed by atoms with E-state index >= 15 is 0 Å². The molecule has 0 radical (unpaired) electrons. The summed E-state index contributed by atoms with van der Waals surface area (Å²) in [7, 11) is 1.72. The summed E-state index contributed by atoms with van der Waals surface area (Å²) in [5, 5.41) is 16.5. The molecule has 0 saturated heterocycles. The van der Waals surface area contributed by atoms with Crippen molar-refractivity contribution in [3.63, 3.8) is 0 Å². The molecule has 3 aromatic rings. The molecule has 0 saturated carbocycles. The number of aliphatic hydroxyl groups excluding tert-OH is 1. The third-order valence-corrected chi connectivity index (χ3v) is 5.57. The smallest absolute Gasteiger partial charge is 0.485 e. The number of thiophene rings is 1. The van der Waals surface area contributed by atoms with Gasteiger partial charge in [0.15, 0.2) is 6.79 Å². The molecule has 2 aromatic carbocycles. The van der Waals surface area contributed by atoms with E-state index in [1.54, 1.807) is 23.3 Å². The Labute approximate surface area is 192 Å². The summed E-state index contributed by atoms with van der Waals surface area (Å²) in [5.74, 6) is 0.817. The standard InChI is InChI=1S/C24H29NO6S/c1-3-14-28-24(27)30-17-29-23(26)25(2)13-11-21(19-12-15-32-16-19)31-22-10-6-8-18-7-4-5-9-20(18)22/h4-10,12,15-16,21,23,26H,3,11,13-14,17H2,1-2H3. The molecule has 2 atom stereocenters. The fourth-order valence-electron chi connectivity index (χ4n) is 3.13. The maximum Gasteiger partial charge on any atom is 0.510 e. The quantitative estimate of drug-likeness (QED) is 0.296. The van der Waals surface area contributed by atoms with Crippen molar-refractivity contribution in [2.24, 2.45) is 0 Å². The first-order chi connectivity index (χ1) is 15.6. The maximum absolute atomic E-state index is 11.3. The van der Waals surface area contributed by atoms with Gasteiger partial charge in [-0.3, -0.25) is 4.90 Å². The second-order valence-electron chi connectivity index (χ2n) is 7.26. The molecule has 0 fully saturated rings. The van der Waals surface area contributed by atoms with Crippen molar-refractivity contribution in [2.45, 2.75) is 32.3 Å². The lowest BCUT2D eigenvalue weighted by Gasteiger charge is -2.26. The van der Waals surface area contributed by atoms with Gasteiger partial charge in [0, 0.05) is 23.9 Å². The molecule has 172 valence electrons. The van der Waals surface area contributed by atoms with Gasteiger partial charge in [-0.1, -0.05) is 43.3 Å². The minimum atomic E-state index is -1.23. The van der Waals surface area contributed by atoms with Crippen LogP contribution in [0.4, 0.5) is 4.79 Å². The van der Waals surface area contributed by atoms with Crippen molar-refractivity contribution >= 4 is 28.3 Å². The normalized spacial score (nSPS) is 13.1. The molecule has 0 aliphatic heterocycles. The Morgan fingerprint density at radius 3 is 2.72 bits per heavy atom. The highest BCUT2D eigenvalue weighted by atomic mass is 32.1. The third kappa shape index (κ3) is 6.93. The van der Waals surface area contributed by atoms with Crippen molar-refractivity contribution in [1.29, 1.82) is 0 Å². The Bertz CT molecular complexity index is 959. The first-order valence-corrected chi connectivity index (χ1v) is 11.5. The summed E-state index contributed by atoms with van der Waals surface area (Å²) >= 11 is 1.61. The molecule has 1 aromatic heterocycles. The summed E-state index contributed by atoms with van der Waals surface area (Å²) in [4.78, 5) is 12.9. The first kappa shape index (κ1) is 24.0. The number of hydrogen-bond acceptors (Lipinski definition) is 8. The van der Waals surface area contributed by atoms with Crippen LogP contribution in [-0.2, 0) is 14.2 Å². The molecule has 3 rings (SSSR count). The van der Waals surface area contributed by atoms with E-state index in [2.05, 4.69) is 17.5 Å². The predicted molar refractivity (Wildman–Crippen MR) is 124 cm³/mol. The lowest BCUT2D eigenvalue weighted by atomic mass is 10.1. The van der Waals surface area contributed by atoms with E-state index in [9.17, 15) is 9.90 Å². The minimum absolute atomic E-state index is 0.193. The fourth-order valence-corrected chi connectivity index (χ4v) is 3.83. The van der Waals surface area contributed by atoms with E-state index in [1.165, 1.54) is 0 Å². The van der Waals surface area contributed by atoms with E-state index in [0.717, 1.165) is 22.1 Å². The summed E-state index contributed by atoms with van der Waals surface area (Å²) in [5.41, 5.74) is 1.08. The van der Waals surface area contributed by atoms with Gasteiger partial charge in [0.2, 0.25) is 6.41 Å². The number of rotatable bonds is 12. The van der Waals surface area contributed by atoms with Crippen LogP contribution < -0.4 is 4.74 Å². The van der Waals surface area contributed by atoms with Gasteiger partial charge in [-0.2, -0.15) is 11.3 Å². The van der Waals surface area contributed by atoms with Gasteiger partial charge < -0.3 is 24.1 Å². The molecular formula is C24H29NO6S. The molecule has 1 N–H and O–H groups in total. The number of nitrogens with zero attached hydrogens (tertiary/aromatic N) is 1. The highest BCUT2D eigenvalue weighted by Gasteiger charge is 2.19. The van der Waals surface area contributed by atoms with Crippen LogP contribution in [0.2, 0.25) is 0 Å². The number of carbonyl (C=O) groups excluding carboxylic acids is 1. The van der Waals surface area contributed by atoms with Crippen LogP contribution in [0.15, 0.2) is 59.3 Å². The van der Waals surface area contributed by atoms with Crippen LogP contribution in [0, 0.1) is 0 Å². The summed E-state index contributed by atoms with van der Waals surface area (Å²) < 4.78 is 21.2. The van der Waals surface area contributed by atoms with Crippen molar-refractivity contribution < 1.29 is 28.8 Å². The Hall–Kier alpha value is -2.65. The zero-order chi connectivity index (χ0) is 22.8. The molecular weight excluding hydrogens is 430 g/mol. The van der Waals surface area contributed by atoms with Crippen molar-refractivity contribution in [1.82, 2.24) is 4.90 Å². The number of aliphatic hydroxyl groups is 1. The number of hydrogen-bond donors (Lipinski definition) is 1. The van der Waals surface area contributed by atoms with Gasteiger partial charge in [0.05, 0.1) is 6.61 Å². The van der Waals surface area contributed by atoms with Crippen LogP contribution in [-0.4, -0.2) is 49.6 Å².